The molecule has 0 aliphatic heterocycles. The van der Waals surface area contributed by atoms with Crippen LogP contribution in [0.4, 0.5) is 5.95 Å². The number of rotatable bonds is 4. The van der Waals surface area contributed by atoms with Gasteiger partial charge in [0.05, 0.1) is 6.61 Å². The van der Waals surface area contributed by atoms with Crippen molar-refractivity contribution in [3.8, 4) is 11.3 Å². The maximum Gasteiger partial charge on any atom is 0.357 e. The van der Waals surface area contributed by atoms with E-state index in [1.54, 1.807) is 22.6 Å². The van der Waals surface area contributed by atoms with Crippen LogP contribution in [0.25, 0.3) is 17.0 Å². The molecule has 23 heavy (non-hydrogen) atoms. The summed E-state index contributed by atoms with van der Waals surface area (Å²) >= 11 is 0. The van der Waals surface area contributed by atoms with Crippen LogP contribution in [0.3, 0.4) is 0 Å². The van der Waals surface area contributed by atoms with Gasteiger partial charge < -0.3 is 9.64 Å². The molecule has 0 fully saturated rings. The molecule has 1 aromatic carbocycles. The Morgan fingerprint density at radius 2 is 1.96 bits per heavy atom. The van der Waals surface area contributed by atoms with E-state index in [1.165, 1.54) is 0 Å². The second-order valence-electron chi connectivity index (χ2n) is 5.12. The molecular formula is C16H17N5O2. The van der Waals surface area contributed by atoms with E-state index in [0.29, 0.717) is 23.1 Å². The highest BCUT2D eigenvalue weighted by atomic mass is 16.5. The van der Waals surface area contributed by atoms with Gasteiger partial charge in [-0.3, -0.25) is 4.40 Å². The van der Waals surface area contributed by atoms with E-state index in [-0.39, 0.29) is 6.61 Å². The standard InChI is InChI=1S/C16H17N5O2/c1-4-23-14(22)13-12(11-8-6-5-7-9-11)18-16-19-15(20(2)3)17-10-21(13)16/h5-10H,4H2,1-3H3. The topological polar surface area (TPSA) is 72.6 Å². The third kappa shape index (κ3) is 2.73. The minimum absolute atomic E-state index is 0.289. The highest BCUT2D eigenvalue weighted by Gasteiger charge is 2.23. The molecule has 0 saturated carbocycles. The van der Waals surface area contributed by atoms with Crippen LogP contribution < -0.4 is 4.90 Å². The number of esters is 1. The Labute approximate surface area is 133 Å². The van der Waals surface area contributed by atoms with E-state index in [4.69, 9.17) is 4.74 Å². The first-order valence-corrected chi connectivity index (χ1v) is 7.26. The summed E-state index contributed by atoms with van der Waals surface area (Å²) in [6.45, 7) is 2.06. The number of hydrogen-bond donors (Lipinski definition) is 0. The number of carbonyl (C=O) groups excluding carboxylic acids is 1. The number of benzene rings is 1. The maximum atomic E-state index is 12.4. The van der Waals surface area contributed by atoms with Crippen molar-refractivity contribution in [3.63, 3.8) is 0 Å². The van der Waals surface area contributed by atoms with Gasteiger partial charge in [0.1, 0.15) is 12.0 Å². The van der Waals surface area contributed by atoms with Gasteiger partial charge in [0.15, 0.2) is 5.69 Å². The number of fused-ring (bicyclic) bond motifs is 1. The van der Waals surface area contributed by atoms with Crippen molar-refractivity contribution >= 4 is 17.7 Å². The molecule has 3 aromatic rings. The molecule has 0 N–H and O–H groups in total. The van der Waals surface area contributed by atoms with Crippen LogP contribution in [0.1, 0.15) is 17.4 Å². The largest absolute Gasteiger partial charge is 0.461 e. The predicted molar refractivity (Wildman–Crippen MR) is 86.5 cm³/mol. The number of nitrogens with zero attached hydrogens (tertiary/aromatic N) is 5. The molecule has 0 aliphatic rings. The average molecular weight is 311 g/mol. The number of aromatic nitrogens is 4. The van der Waals surface area contributed by atoms with Crippen molar-refractivity contribution in [1.82, 2.24) is 19.4 Å². The summed E-state index contributed by atoms with van der Waals surface area (Å²) in [7, 11) is 3.69. The lowest BCUT2D eigenvalue weighted by molar-refractivity contribution is 0.0519. The molecule has 0 spiro atoms. The summed E-state index contributed by atoms with van der Waals surface area (Å²) in [6, 6.07) is 9.49. The third-order valence-corrected chi connectivity index (χ3v) is 3.30. The monoisotopic (exact) mass is 311 g/mol. The summed E-state index contributed by atoms with van der Waals surface area (Å²) in [5.74, 6) is 0.489. The van der Waals surface area contributed by atoms with Crippen LogP contribution >= 0.6 is 0 Å². The van der Waals surface area contributed by atoms with Crippen LogP contribution in [0.5, 0.6) is 0 Å². The Hall–Kier alpha value is -2.96. The quantitative estimate of drug-likeness (QED) is 0.687. The normalized spacial score (nSPS) is 10.7. The lowest BCUT2D eigenvalue weighted by Gasteiger charge is -2.09. The number of ether oxygens (including phenoxy) is 1. The maximum absolute atomic E-state index is 12.4. The smallest absolute Gasteiger partial charge is 0.357 e. The highest BCUT2D eigenvalue weighted by molar-refractivity contribution is 5.95. The fraction of sp³-hybridized carbons (Fsp3) is 0.250. The Kier molecular flexibility index (Phi) is 3.92. The van der Waals surface area contributed by atoms with E-state index in [1.807, 2.05) is 44.4 Å². The first-order valence-electron chi connectivity index (χ1n) is 7.26. The Balaban J connectivity index is 2.24. The zero-order chi connectivity index (χ0) is 16.4. The minimum Gasteiger partial charge on any atom is -0.461 e. The van der Waals surface area contributed by atoms with Gasteiger partial charge in [0.25, 0.3) is 0 Å². The SMILES string of the molecule is CCOC(=O)c1c(-c2ccccc2)nc2nc(N(C)C)ncn12. The first-order chi connectivity index (χ1) is 11.1. The zero-order valence-electron chi connectivity index (χ0n) is 13.2. The molecule has 118 valence electrons. The molecule has 0 radical (unpaired) electrons. The van der Waals surface area contributed by atoms with Crippen LogP contribution in [0.15, 0.2) is 36.7 Å². The van der Waals surface area contributed by atoms with Crippen molar-refractivity contribution in [2.24, 2.45) is 0 Å². The third-order valence-electron chi connectivity index (χ3n) is 3.30. The Morgan fingerprint density at radius 3 is 2.61 bits per heavy atom. The Morgan fingerprint density at radius 1 is 1.22 bits per heavy atom. The molecule has 3 rings (SSSR count). The summed E-state index contributed by atoms with van der Waals surface area (Å²) in [5.41, 5.74) is 1.69. The van der Waals surface area contributed by atoms with Gasteiger partial charge in [-0.05, 0) is 6.92 Å². The zero-order valence-corrected chi connectivity index (χ0v) is 13.2. The first kappa shape index (κ1) is 15.0. The molecule has 0 unspecified atom stereocenters. The summed E-state index contributed by atoms with van der Waals surface area (Å²) in [4.78, 5) is 27.3. The van der Waals surface area contributed by atoms with Crippen LogP contribution in [0.2, 0.25) is 0 Å². The summed E-state index contributed by atoms with van der Waals surface area (Å²) in [6.07, 6.45) is 1.54. The predicted octanol–water partition coefficient (Wildman–Crippen LogP) is 2.03. The summed E-state index contributed by atoms with van der Waals surface area (Å²) in [5, 5.41) is 0. The molecule has 2 heterocycles. The minimum atomic E-state index is -0.444. The van der Waals surface area contributed by atoms with Crippen LogP contribution in [0, 0.1) is 0 Å². The lowest BCUT2D eigenvalue weighted by Crippen LogP contribution is -2.14. The van der Waals surface area contributed by atoms with Crippen molar-refractivity contribution in [1.29, 1.82) is 0 Å². The van der Waals surface area contributed by atoms with E-state index in [9.17, 15) is 4.79 Å². The molecule has 0 bridgehead atoms. The van der Waals surface area contributed by atoms with Gasteiger partial charge in [0.2, 0.25) is 11.7 Å². The fourth-order valence-electron chi connectivity index (χ4n) is 2.24. The number of hydrogen-bond acceptors (Lipinski definition) is 6. The molecule has 0 saturated heterocycles. The van der Waals surface area contributed by atoms with Gasteiger partial charge in [-0.25, -0.2) is 14.8 Å². The van der Waals surface area contributed by atoms with Gasteiger partial charge in [-0.1, -0.05) is 30.3 Å². The number of anilines is 1. The van der Waals surface area contributed by atoms with Crippen LogP contribution in [-0.2, 0) is 4.74 Å². The second-order valence-corrected chi connectivity index (χ2v) is 5.12. The highest BCUT2D eigenvalue weighted by Crippen LogP contribution is 2.24. The van der Waals surface area contributed by atoms with Crippen molar-refractivity contribution < 1.29 is 9.53 Å². The lowest BCUT2D eigenvalue weighted by atomic mass is 10.1. The van der Waals surface area contributed by atoms with Gasteiger partial charge in [-0.15, -0.1) is 0 Å². The fourth-order valence-corrected chi connectivity index (χ4v) is 2.24. The van der Waals surface area contributed by atoms with Crippen molar-refractivity contribution in [2.45, 2.75) is 6.92 Å². The van der Waals surface area contributed by atoms with Gasteiger partial charge in [-0.2, -0.15) is 4.98 Å². The molecular weight excluding hydrogens is 294 g/mol. The molecule has 7 heteroatoms. The average Bonchev–Trinajstić information content (AvgIpc) is 2.94. The van der Waals surface area contributed by atoms with Crippen LogP contribution in [-0.4, -0.2) is 46.0 Å². The number of imidazole rings is 1. The molecule has 2 aromatic heterocycles. The van der Waals surface area contributed by atoms with E-state index < -0.39 is 5.97 Å². The van der Waals surface area contributed by atoms with Crippen molar-refractivity contribution in [2.75, 3.05) is 25.6 Å². The van der Waals surface area contributed by atoms with E-state index in [2.05, 4.69) is 15.0 Å². The molecule has 0 aliphatic carbocycles. The van der Waals surface area contributed by atoms with Gasteiger partial charge >= 0.3 is 5.97 Å². The van der Waals surface area contributed by atoms with Gasteiger partial charge in [0, 0.05) is 19.7 Å². The van der Waals surface area contributed by atoms with E-state index in [0.717, 1.165) is 5.56 Å². The Bertz CT molecular complexity index is 842. The molecule has 0 atom stereocenters. The summed E-state index contributed by atoms with van der Waals surface area (Å²) < 4.78 is 6.73. The molecule has 0 amide bonds. The van der Waals surface area contributed by atoms with E-state index >= 15 is 0 Å². The number of carbonyl (C=O) groups is 1. The molecule has 7 nitrogen and oxygen atoms in total. The van der Waals surface area contributed by atoms with Crippen molar-refractivity contribution in [3.05, 3.63) is 42.4 Å². The second kappa shape index (κ2) is 6.04.